The van der Waals surface area contributed by atoms with E-state index < -0.39 is 0 Å². The van der Waals surface area contributed by atoms with E-state index in [9.17, 15) is 0 Å². The fraction of sp³-hybridized carbons (Fsp3) is 0.556. The van der Waals surface area contributed by atoms with Gasteiger partial charge in [0.25, 0.3) is 0 Å². The van der Waals surface area contributed by atoms with Crippen LogP contribution in [0.1, 0.15) is 19.8 Å². The van der Waals surface area contributed by atoms with Crippen molar-refractivity contribution in [2.24, 2.45) is 4.40 Å². The van der Waals surface area contributed by atoms with E-state index in [-0.39, 0.29) is 10.7 Å². The molecule has 0 saturated heterocycles. The maximum absolute atomic E-state index is 4.33. The standard InChI is InChI=1S/C9H16N2S/c1-7(10-9-5-6-9)8(2)11-12(3)4/h9-10H,1,3,5-6H2,2,4H3/b11-8-. The van der Waals surface area contributed by atoms with Crippen LogP contribution >= 0.6 is 10.7 Å². The van der Waals surface area contributed by atoms with Gasteiger partial charge >= 0.3 is 0 Å². The number of allylic oxidation sites excluding steroid dienone is 1. The quantitative estimate of drug-likeness (QED) is 0.524. The zero-order valence-electron chi connectivity index (χ0n) is 7.76. The summed E-state index contributed by atoms with van der Waals surface area (Å²) in [6.45, 7) is 5.90. The monoisotopic (exact) mass is 184 g/mol. The van der Waals surface area contributed by atoms with Gasteiger partial charge in [0.1, 0.15) is 0 Å². The smallest absolute Gasteiger partial charge is 0.0674 e. The molecule has 2 nitrogen and oxygen atoms in total. The first-order valence-electron chi connectivity index (χ1n) is 4.06. The maximum atomic E-state index is 4.33. The van der Waals surface area contributed by atoms with E-state index in [2.05, 4.69) is 22.2 Å². The molecule has 0 radical (unpaired) electrons. The first-order chi connectivity index (χ1) is 5.59. The highest BCUT2D eigenvalue weighted by atomic mass is 32.2. The average molecular weight is 184 g/mol. The minimum atomic E-state index is -0.124. The summed E-state index contributed by atoms with van der Waals surface area (Å²) >= 11 is 0. The van der Waals surface area contributed by atoms with Crippen molar-refractivity contribution in [3.8, 4) is 0 Å². The molecule has 1 fully saturated rings. The van der Waals surface area contributed by atoms with Crippen LogP contribution in [0.2, 0.25) is 0 Å². The highest BCUT2D eigenvalue weighted by molar-refractivity contribution is 8.12. The number of hydrogen-bond acceptors (Lipinski definition) is 2. The summed E-state index contributed by atoms with van der Waals surface area (Å²) in [6, 6.07) is 0.658. The van der Waals surface area contributed by atoms with E-state index in [0.29, 0.717) is 6.04 Å². The molecule has 1 aliphatic carbocycles. The molecule has 0 aliphatic heterocycles. The van der Waals surface area contributed by atoms with E-state index >= 15 is 0 Å². The molecule has 1 aliphatic rings. The third-order valence-electron chi connectivity index (χ3n) is 1.69. The van der Waals surface area contributed by atoms with Crippen LogP contribution in [0.3, 0.4) is 0 Å². The van der Waals surface area contributed by atoms with Gasteiger partial charge in [-0.2, -0.15) is 0 Å². The topological polar surface area (TPSA) is 24.4 Å². The highest BCUT2D eigenvalue weighted by Crippen LogP contribution is 2.20. The van der Waals surface area contributed by atoms with Gasteiger partial charge in [-0.3, -0.25) is 0 Å². The van der Waals surface area contributed by atoms with E-state index in [4.69, 9.17) is 0 Å². The molecule has 0 aromatic rings. The van der Waals surface area contributed by atoms with Crippen LogP contribution in [-0.2, 0) is 0 Å². The van der Waals surface area contributed by atoms with Gasteiger partial charge < -0.3 is 5.32 Å². The Hall–Kier alpha value is -0.570. The zero-order valence-corrected chi connectivity index (χ0v) is 8.58. The van der Waals surface area contributed by atoms with Gasteiger partial charge in [-0.15, -0.1) is 0 Å². The number of nitrogens with one attached hydrogen (secondary N) is 1. The Bertz CT molecular complexity index is 239. The van der Waals surface area contributed by atoms with Crippen molar-refractivity contribution in [1.82, 2.24) is 5.32 Å². The van der Waals surface area contributed by atoms with Crippen LogP contribution in [0.15, 0.2) is 16.7 Å². The van der Waals surface area contributed by atoms with Gasteiger partial charge in [0.05, 0.1) is 5.71 Å². The molecular weight excluding hydrogens is 168 g/mol. The third-order valence-corrected chi connectivity index (χ3v) is 2.27. The summed E-state index contributed by atoms with van der Waals surface area (Å²) in [5.74, 6) is 3.83. The van der Waals surface area contributed by atoms with Gasteiger partial charge in [-0.25, -0.2) is 4.40 Å². The van der Waals surface area contributed by atoms with Crippen molar-refractivity contribution < 1.29 is 0 Å². The summed E-state index contributed by atoms with van der Waals surface area (Å²) in [4.78, 5) is 0. The van der Waals surface area contributed by atoms with E-state index in [1.807, 2.05) is 13.2 Å². The lowest BCUT2D eigenvalue weighted by molar-refractivity contribution is 0.839. The Balaban J connectivity index is 2.44. The van der Waals surface area contributed by atoms with Crippen molar-refractivity contribution in [1.29, 1.82) is 0 Å². The van der Waals surface area contributed by atoms with Crippen molar-refractivity contribution in [2.45, 2.75) is 25.8 Å². The predicted octanol–water partition coefficient (Wildman–Crippen LogP) is 1.96. The maximum Gasteiger partial charge on any atom is 0.0674 e. The number of hydrogen-bond donors (Lipinski definition) is 1. The highest BCUT2D eigenvalue weighted by Gasteiger charge is 2.21. The Morgan fingerprint density at radius 1 is 1.58 bits per heavy atom. The van der Waals surface area contributed by atoms with Crippen LogP contribution in [0.25, 0.3) is 0 Å². The largest absolute Gasteiger partial charge is 0.381 e. The Labute approximate surface area is 76.8 Å². The molecule has 12 heavy (non-hydrogen) atoms. The Morgan fingerprint density at radius 2 is 2.17 bits per heavy atom. The summed E-state index contributed by atoms with van der Waals surface area (Å²) in [6.07, 6.45) is 4.54. The molecule has 0 amide bonds. The molecule has 1 saturated carbocycles. The van der Waals surface area contributed by atoms with Gasteiger partial charge in [-0.05, 0) is 26.0 Å². The van der Waals surface area contributed by atoms with Crippen molar-refractivity contribution >= 4 is 22.3 Å². The van der Waals surface area contributed by atoms with Crippen LogP contribution in [0.4, 0.5) is 0 Å². The summed E-state index contributed by atoms with van der Waals surface area (Å²) in [5, 5.41) is 3.31. The minimum absolute atomic E-state index is 0.124. The molecular formula is C9H16N2S. The van der Waals surface area contributed by atoms with Gasteiger partial charge in [0.2, 0.25) is 0 Å². The lowest BCUT2D eigenvalue weighted by Gasteiger charge is -2.07. The Kier molecular flexibility index (Phi) is 3.09. The molecule has 68 valence electrons. The molecule has 0 aromatic carbocycles. The third kappa shape index (κ3) is 3.22. The molecule has 0 aromatic heterocycles. The van der Waals surface area contributed by atoms with Crippen LogP contribution < -0.4 is 5.32 Å². The van der Waals surface area contributed by atoms with Crippen LogP contribution in [0.5, 0.6) is 0 Å². The van der Waals surface area contributed by atoms with Gasteiger partial charge in [-0.1, -0.05) is 23.1 Å². The lowest BCUT2D eigenvalue weighted by atomic mass is 10.3. The Morgan fingerprint density at radius 3 is 2.58 bits per heavy atom. The van der Waals surface area contributed by atoms with Gasteiger partial charge in [0.15, 0.2) is 0 Å². The fourth-order valence-electron chi connectivity index (χ4n) is 0.867. The molecule has 0 spiro atoms. The van der Waals surface area contributed by atoms with Crippen LogP contribution in [0, 0.1) is 0 Å². The number of nitrogens with zero attached hydrogens (tertiary/aromatic N) is 1. The minimum Gasteiger partial charge on any atom is -0.381 e. The second-order valence-electron chi connectivity index (χ2n) is 3.17. The average Bonchev–Trinajstić information content (AvgIpc) is 2.70. The first-order valence-corrected chi connectivity index (χ1v) is 5.82. The normalized spacial score (nSPS) is 20.3. The molecule has 0 heterocycles. The molecule has 3 heteroatoms. The van der Waals surface area contributed by atoms with Crippen molar-refractivity contribution in [3.63, 3.8) is 0 Å². The summed E-state index contributed by atoms with van der Waals surface area (Å²) in [7, 11) is -0.124. The zero-order chi connectivity index (χ0) is 9.14. The van der Waals surface area contributed by atoms with Crippen molar-refractivity contribution in [3.05, 3.63) is 12.3 Å². The summed E-state index contributed by atoms with van der Waals surface area (Å²) in [5.41, 5.74) is 1.95. The molecule has 1 N–H and O–H groups in total. The molecule has 0 bridgehead atoms. The first kappa shape index (κ1) is 9.52. The lowest BCUT2D eigenvalue weighted by Crippen LogP contribution is -2.19. The second-order valence-corrected chi connectivity index (χ2v) is 4.56. The number of rotatable bonds is 4. The van der Waals surface area contributed by atoms with E-state index in [0.717, 1.165) is 11.4 Å². The van der Waals surface area contributed by atoms with E-state index in [1.54, 1.807) is 0 Å². The van der Waals surface area contributed by atoms with Crippen LogP contribution in [-0.4, -0.2) is 23.9 Å². The van der Waals surface area contributed by atoms with Gasteiger partial charge in [0, 0.05) is 11.7 Å². The van der Waals surface area contributed by atoms with Crippen molar-refractivity contribution in [2.75, 3.05) is 6.26 Å². The molecule has 1 rings (SSSR count). The molecule has 1 unspecified atom stereocenters. The second kappa shape index (κ2) is 3.90. The summed E-state index contributed by atoms with van der Waals surface area (Å²) < 4.78 is 4.33. The predicted molar refractivity (Wildman–Crippen MR) is 59.0 cm³/mol. The van der Waals surface area contributed by atoms with E-state index in [1.165, 1.54) is 12.8 Å². The SMILES string of the molecule is C=C(NC1CC1)/C(C)=N\S(=C)C. The molecule has 1 atom stereocenters. The fourth-order valence-corrected chi connectivity index (χ4v) is 1.45.